The monoisotopic (exact) mass is 403 g/mol. The smallest absolute Gasteiger partial charge is 0.333 e. The van der Waals surface area contributed by atoms with Crippen LogP contribution in [0.2, 0.25) is 0 Å². The number of nitrogens with one attached hydrogen (secondary N) is 3. The van der Waals surface area contributed by atoms with Gasteiger partial charge in [0.2, 0.25) is 5.95 Å². The molecule has 4 rings (SSSR count). The number of nitrogens with zero attached hydrogens (tertiary/aromatic N) is 5. The molecule has 1 saturated heterocycles. The van der Waals surface area contributed by atoms with Crippen molar-refractivity contribution in [2.24, 2.45) is 5.73 Å². The van der Waals surface area contributed by atoms with Crippen LogP contribution in [0.25, 0.3) is 10.9 Å². The van der Waals surface area contributed by atoms with Crippen LogP contribution in [0.15, 0.2) is 24.4 Å². The molecule has 2 aromatic heterocycles. The Morgan fingerprint density at radius 2 is 2.21 bits per heavy atom. The molecule has 1 aliphatic heterocycles. The van der Waals surface area contributed by atoms with Crippen LogP contribution in [0.3, 0.4) is 0 Å². The summed E-state index contributed by atoms with van der Waals surface area (Å²) in [6.45, 7) is -0.988. The Bertz CT molecular complexity index is 1030. The number of alkyl halides is 2. The van der Waals surface area contributed by atoms with Crippen molar-refractivity contribution in [1.82, 2.24) is 30.3 Å². The summed E-state index contributed by atoms with van der Waals surface area (Å²) in [7, 11) is 0. The first kappa shape index (κ1) is 18.9. The maximum atomic E-state index is 12.8. The first-order valence-electron chi connectivity index (χ1n) is 9.05. The summed E-state index contributed by atoms with van der Waals surface area (Å²) < 4.78 is 26.2. The third kappa shape index (κ3) is 4.21. The Morgan fingerprint density at radius 1 is 1.34 bits per heavy atom. The molecule has 0 saturated carbocycles. The second-order valence-electron chi connectivity index (χ2n) is 6.67. The van der Waals surface area contributed by atoms with Crippen LogP contribution < -0.4 is 21.7 Å². The second-order valence-corrected chi connectivity index (χ2v) is 6.67. The van der Waals surface area contributed by atoms with Crippen molar-refractivity contribution in [2.75, 3.05) is 23.7 Å². The highest BCUT2D eigenvalue weighted by molar-refractivity contribution is 5.96. The molecule has 0 aliphatic carbocycles. The largest absolute Gasteiger partial charge is 0.364 e. The van der Waals surface area contributed by atoms with Gasteiger partial charge < -0.3 is 21.7 Å². The molecule has 1 fully saturated rings. The highest BCUT2D eigenvalue weighted by atomic mass is 19.3. The number of piperidine rings is 1. The lowest BCUT2D eigenvalue weighted by Crippen LogP contribution is -2.39. The third-order valence-corrected chi connectivity index (χ3v) is 4.54. The van der Waals surface area contributed by atoms with E-state index >= 15 is 0 Å². The normalized spacial score (nSPS) is 16.9. The molecule has 1 aromatic carbocycles. The van der Waals surface area contributed by atoms with Gasteiger partial charge in [0.15, 0.2) is 11.5 Å². The molecule has 0 unspecified atom stereocenters. The number of carbonyl (C=O) groups excluding carboxylic acids is 1. The molecule has 0 radical (unpaired) electrons. The van der Waals surface area contributed by atoms with Crippen LogP contribution in [0.5, 0.6) is 0 Å². The van der Waals surface area contributed by atoms with Gasteiger partial charge in [0, 0.05) is 29.9 Å². The molecule has 1 amide bonds. The Balaban J connectivity index is 1.61. The Kier molecular flexibility index (Phi) is 5.16. The van der Waals surface area contributed by atoms with Gasteiger partial charge in [-0.2, -0.15) is 18.9 Å². The lowest BCUT2D eigenvalue weighted by molar-refractivity contribution is 0.0573. The maximum Gasteiger partial charge on any atom is 0.333 e. The van der Waals surface area contributed by atoms with Crippen LogP contribution in [-0.4, -0.2) is 50.0 Å². The summed E-state index contributed by atoms with van der Waals surface area (Å²) in [6.07, 6.45) is 3.23. The SMILES string of the molecule is NC(=O)c1nnc(N[C@H]2CCCNC2)nc1Nc1ccc2nn(C(F)F)cc2c1. The fraction of sp³-hybridized carbons (Fsp3) is 0.353. The second kappa shape index (κ2) is 7.91. The van der Waals surface area contributed by atoms with Gasteiger partial charge >= 0.3 is 6.55 Å². The number of rotatable bonds is 6. The summed E-state index contributed by atoms with van der Waals surface area (Å²) >= 11 is 0. The molecular formula is C17H19F2N9O. The van der Waals surface area contributed by atoms with Crippen molar-refractivity contribution < 1.29 is 13.6 Å². The van der Waals surface area contributed by atoms with Gasteiger partial charge in [0.1, 0.15) is 0 Å². The molecule has 3 aromatic rings. The van der Waals surface area contributed by atoms with Crippen molar-refractivity contribution in [1.29, 1.82) is 0 Å². The van der Waals surface area contributed by atoms with E-state index in [0.29, 0.717) is 21.3 Å². The van der Waals surface area contributed by atoms with E-state index in [0.717, 1.165) is 25.9 Å². The Hall–Kier alpha value is -3.41. The van der Waals surface area contributed by atoms with Crippen LogP contribution in [-0.2, 0) is 0 Å². The zero-order chi connectivity index (χ0) is 20.4. The highest BCUT2D eigenvalue weighted by Crippen LogP contribution is 2.24. The lowest BCUT2D eigenvalue weighted by Gasteiger charge is -2.23. The predicted molar refractivity (Wildman–Crippen MR) is 102 cm³/mol. The lowest BCUT2D eigenvalue weighted by atomic mass is 10.1. The topological polar surface area (TPSA) is 136 Å². The number of halogens is 2. The van der Waals surface area contributed by atoms with Gasteiger partial charge in [0.25, 0.3) is 5.91 Å². The highest BCUT2D eigenvalue weighted by Gasteiger charge is 2.18. The number of anilines is 3. The molecule has 10 nitrogen and oxygen atoms in total. The number of amides is 1. The minimum absolute atomic E-state index is 0.124. The molecule has 0 bridgehead atoms. The standard InChI is InChI=1S/C17H19F2N9O/c18-16(19)28-8-9-6-10(3-4-12(9)27-28)22-15-13(14(20)29)25-26-17(24-15)23-11-2-1-5-21-7-11/h3-4,6,8,11,16,21H,1-2,5,7H2,(H2,20,29)(H2,22,23,24,26)/t11-/m0/s1. The average Bonchev–Trinajstić information content (AvgIpc) is 3.12. The van der Waals surface area contributed by atoms with E-state index in [1.165, 1.54) is 6.20 Å². The van der Waals surface area contributed by atoms with Crippen molar-refractivity contribution >= 4 is 34.3 Å². The summed E-state index contributed by atoms with van der Waals surface area (Å²) in [6, 6.07) is 4.99. The van der Waals surface area contributed by atoms with Crippen molar-refractivity contribution in [3.63, 3.8) is 0 Å². The summed E-state index contributed by atoms with van der Waals surface area (Å²) in [5, 5.41) is 21.5. The van der Waals surface area contributed by atoms with Gasteiger partial charge in [-0.1, -0.05) is 0 Å². The van der Waals surface area contributed by atoms with Crippen LogP contribution in [0.1, 0.15) is 29.9 Å². The number of primary amides is 1. The van der Waals surface area contributed by atoms with E-state index in [4.69, 9.17) is 5.73 Å². The van der Waals surface area contributed by atoms with E-state index in [-0.39, 0.29) is 23.5 Å². The molecule has 12 heteroatoms. The van der Waals surface area contributed by atoms with Gasteiger partial charge in [0.05, 0.1) is 5.52 Å². The molecule has 0 spiro atoms. The van der Waals surface area contributed by atoms with E-state index in [1.54, 1.807) is 18.2 Å². The first-order chi connectivity index (χ1) is 14.0. The van der Waals surface area contributed by atoms with Crippen LogP contribution in [0, 0.1) is 0 Å². The molecular weight excluding hydrogens is 384 g/mol. The van der Waals surface area contributed by atoms with Crippen LogP contribution >= 0.6 is 0 Å². The third-order valence-electron chi connectivity index (χ3n) is 4.54. The number of hydrogen-bond donors (Lipinski definition) is 4. The molecule has 5 N–H and O–H groups in total. The zero-order valence-corrected chi connectivity index (χ0v) is 15.3. The number of aromatic nitrogens is 5. The van der Waals surface area contributed by atoms with Gasteiger partial charge in [-0.25, -0.2) is 4.68 Å². The first-order valence-corrected chi connectivity index (χ1v) is 9.05. The molecule has 1 aliphatic rings. The van der Waals surface area contributed by atoms with Crippen molar-refractivity contribution in [3.8, 4) is 0 Å². The summed E-state index contributed by atoms with van der Waals surface area (Å²) in [5.74, 6) is -0.401. The number of fused-ring (bicyclic) bond motifs is 1. The fourth-order valence-electron chi connectivity index (χ4n) is 3.16. The number of hydrogen-bond acceptors (Lipinski definition) is 8. The van der Waals surface area contributed by atoms with E-state index < -0.39 is 12.5 Å². The minimum Gasteiger partial charge on any atom is -0.364 e. The van der Waals surface area contributed by atoms with Crippen molar-refractivity contribution in [3.05, 3.63) is 30.1 Å². The molecule has 152 valence electrons. The summed E-state index contributed by atoms with van der Waals surface area (Å²) in [4.78, 5) is 16.0. The molecule has 1 atom stereocenters. The quantitative estimate of drug-likeness (QED) is 0.488. The van der Waals surface area contributed by atoms with E-state index in [9.17, 15) is 13.6 Å². The predicted octanol–water partition coefficient (Wildman–Crippen LogP) is 1.62. The van der Waals surface area contributed by atoms with Gasteiger partial charge in [-0.3, -0.25) is 4.79 Å². The number of benzene rings is 1. The average molecular weight is 403 g/mol. The van der Waals surface area contributed by atoms with Gasteiger partial charge in [-0.15, -0.1) is 10.2 Å². The number of carbonyl (C=O) groups is 1. The minimum atomic E-state index is -2.73. The molecule has 3 heterocycles. The van der Waals surface area contributed by atoms with Crippen LogP contribution in [0.4, 0.5) is 26.2 Å². The summed E-state index contributed by atoms with van der Waals surface area (Å²) in [5.41, 5.74) is 6.19. The van der Waals surface area contributed by atoms with E-state index in [1.807, 2.05) is 0 Å². The molecule has 29 heavy (non-hydrogen) atoms. The Labute approximate surface area is 163 Å². The van der Waals surface area contributed by atoms with Crippen molar-refractivity contribution in [2.45, 2.75) is 25.4 Å². The van der Waals surface area contributed by atoms with E-state index in [2.05, 4.69) is 36.2 Å². The fourth-order valence-corrected chi connectivity index (χ4v) is 3.16. The number of nitrogens with two attached hydrogens (primary N) is 1. The zero-order valence-electron chi connectivity index (χ0n) is 15.3. The van der Waals surface area contributed by atoms with Gasteiger partial charge in [-0.05, 0) is 37.6 Å². The maximum absolute atomic E-state index is 12.8. The Morgan fingerprint density at radius 3 is 2.93 bits per heavy atom.